The summed E-state index contributed by atoms with van der Waals surface area (Å²) in [4.78, 5) is 0. The van der Waals surface area contributed by atoms with E-state index in [1.54, 1.807) is 13.0 Å². The standard InChI is InChI=1S/C11H13F3N2.C7H16/c1-6-2-3-8(12)7(4-6)9(15)5-10(16)11(13)14;1-3-5-7-6-4-2/h2-4,9,11,16H,5,15H2,1H3;3-7H2,1-2H3. The Morgan fingerprint density at radius 1 is 1.13 bits per heavy atom. The van der Waals surface area contributed by atoms with Gasteiger partial charge in [-0.1, -0.05) is 63.6 Å². The lowest BCUT2D eigenvalue weighted by atomic mass is 10.00. The van der Waals surface area contributed by atoms with Gasteiger partial charge in [-0.05, 0) is 13.0 Å². The molecule has 1 rings (SSSR count). The molecule has 0 aliphatic carbocycles. The highest BCUT2D eigenvalue weighted by molar-refractivity contribution is 5.85. The zero-order valence-corrected chi connectivity index (χ0v) is 14.3. The summed E-state index contributed by atoms with van der Waals surface area (Å²) in [6.45, 7) is 6.25. The first-order valence-electron chi connectivity index (χ1n) is 8.20. The number of aryl methyl sites for hydroxylation is 1. The maximum absolute atomic E-state index is 13.3. The number of rotatable bonds is 8. The van der Waals surface area contributed by atoms with Crippen LogP contribution in [0.2, 0.25) is 0 Å². The highest BCUT2D eigenvalue weighted by Crippen LogP contribution is 2.20. The Labute approximate surface area is 137 Å². The second kappa shape index (κ2) is 12.1. The maximum atomic E-state index is 13.3. The number of alkyl halides is 2. The molecule has 3 N–H and O–H groups in total. The lowest BCUT2D eigenvalue weighted by Crippen LogP contribution is -2.20. The molecule has 0 heterocycles. The summed E-state index contributed by atoms with van der Waals surface area (Å²) in [5.74, 6) is -0.528. The van der Waals surface area contributed by atoms with Crippen molar-refractivity contribution >= 4 is 5.71 Å². The second-order valence-corrected chi connectivity index (χ2v) is 5.72. The van der Waals surface area contributed by atoms with E-state index in [2.05, 4.69) is 13.8 Å². The third-order valence-electron chi connectivity index (χ3n) is 3.46. The number of unbranched alkanes of at least 4 members (excludes halogenated alkanes) is 4. The van der Waals surface area contributed by atoms with Gasteiger partial charge in [-0.2, -0.15) is 0 Å². The fourth-order valence-corrected chi connectivity index (χ4v) is 2.06. The Morgan fingerprint density at radius 2 is 1.70 bits per heavy atom. The van der Waals surface area contributed by atoms with E-state index in [-0.39, 0.29) is 12.0 Å². The summed E-state index contributed by atoms with van der Waals surface area (Å²) >= 11 is 0. The molecule has 0 bridgehead atoms. The molecule has 1 aromatic rings. The smallest absolute Gasteiger partial charge is 0.275 e. The van der Waals surface area contributed by atoms with E-state index in [0.717, 1.165) is 5.56 Å². The van der Waals surface area contributed by atoms with E-state index < -0.39 is 24.0 Å². The van der Waals surface area contributed by atoms with E-state index in [4.69, 9.17) is 11.1 Å². The first kappa shape index (κ1) is 21.6. The highest BCUT2D eigenvalue weighted by atomic mass is 19.3. The molecule has 5 heteroatoms. The Kier molecular flexibility index (Phi) is 11.4. The van der Waals surface area contributed by atoms with Crippen LogP contribution in [0.15, 0.2) is 18.2 Å². The maximum Gasteiger partial charge on any atom is 0.275 e. The minimum Gasteiger partial charge on any atom is -0.324 e. The van der Waals surface area contributed by atoms with E-state index in [9.17, 15) is 13.2 Å². The van der Waals surface area contributed by atoms with Gasteiger partial charge in [-0.15, -0.1) is 0 Å². The van der Waals surface area contributed by atoms with Gasteiger partial charge >= 0.3 is 0 Å². The molecule has 1 atom stereocenters. The van der Waals surface area contributed by atoms with Crippen molar-refractivity contribution in [3.05, 3.63) is 35.1 Å². The third kappa shape index (κ3) is 9.39. The molecular formula is C18H29F3N2. The van der Waals surface area contributed by atoms with Crippen molar-refractivity contribution in [3.8, 4) is 0 Å². The molecule has 23 heavy (non-hydrogen) atoms. The van der Waals surface area contributed by atoms with Crippen LogP contribution in [0.5, 0.6) is 0 Å². The molecule has 0 fully saturated rings. The fraction of sp³-hybridized carbons (Fsp3) is 0.611. The number of halogens is 3. The van der Waals surface area contributed by atoms with Crippen LogP contribution in [0.4, 0.5) is 13.2 Å². The van der Waals surface area contributed by atoms with Gasteiger partial charge < -0.3 is 11.1 Å². The minimum atomic E-state index is -2.83. The lowest BCUT2D eigenvalue weighted by Gasteiger charge is -2.14. The van der Waals surface area contributed by atoms with Gasteiger partial charge in [0.1, 0.15) is 5.82 Å². The lowest BCUT2D eigenvalue weighted by molar-refractivity contribution is 0.220. The van der Waals surface area contributed by atoms with Crippen LogP contribution in [-0.4, -0.2) is 12.1 Å². The number of benzene rings is 1. The molecular weight excluding hydrogens is 301 g/mol. The van der Waals surface area contributed by atoms with Crippen LogP contribution in [0.3, 0.4) is 0 Å². The molecule has 2 nitrogen and oxygen atoms in total. The first-order chi connectivity index (χ1) is 10.8. The Bertz CT molecular complexity index is 458. The van der Waals surface area contributed by atoms with Gasteiger partial charge in [0.2, 0.25) is 0 Å². The largest absolute Gasteiger partial charge is 0.324 e. The zero-order chi connectivity index (χ0) is 17.8. The molecule has 0 aliphatic heterocycles. The topological polar surface area (TPSA) is 49.9 Å². The first-order valence-corrected chi connectivity index (χ1v) is 8.20. The Morgan fingerprint density at radius 3 is 2.17 bits per heavy atom. The number of nitrogens with one attached hydrogen (secondary N) is 1. The highest BCUT2D eigenvalue weighted by Gasteiger charge is 2.18. The zero-order valence-electron chi connectivity index (χ0n) is 14.3. The molecule has 0 saturated carbocycles. The molecule has 1 aromatic carbocycles. The van der Waals surface area contributed by atoms with Crippen LogP contribution in [0, 0.1) is 18.2 Å². The summed E-state index contributed by atoms with van der Waals surface area (Å²) in [5.41, 5.74) is 5.79. The van der Waals surface area contributed by atoms with E-state index in [1.807, 2.05) is 0 Å². The average molecular weight is 330 g/mol. The van der Waals surface area contributed by atoms with E-state index in [0.29, 0.717) is 0 Å². The van der Waals surface area contributed by atoms with Crippen LogP contribution < -0.4 is 5.73 Å². The SMILES string of the molecule is CCCCCCC.Cc1ccc(F)c(C(N)CC(=N)C(F)F)c1. The molecule has 0 aliphatic rings. The van der Waals surface area contributed by atoms with Gasteiger partial charge in [0, 0.05) is 18.0 Å². The predicted octanol–water partition coefficient (Wildman–Crippen LogP) is 5.79. The van der Waals surface area contributed by atoms with Crippen molar-refractivity contribution in [1.82, 2.24) is 0 Å². The number of hydrogen-bond acceptors (Lipinski definition) is 2. The average Bonchev–Trinajstić information content (AvgIpc) is 2.50. The van der Waals surface area contributed by atoms with Crippen LogP contribution in [0.25, 0.3) is 0 Å². The summed E-state index contributed by atoms with van der Waals surface area (Å²) in [6.07, 6.45) is 3.84. The van der Waals surface area contributed by atoms with E-state index in [1.165, 1.54) is 44.2 Å². The normalized spacial score (nSPS) is 11.8. The number of hydrogen-bond donors (Lipinski definition) is 2. The van der Waals surface area contributed by atoms with Gasteiger partial charge in [-0.25, -0.2) is 13.2 Å². The van der Waals surface area contributed by atoms with Crippen molar-refractivity contribution in [1.29, 1.82) is 5.41 Å². The summed E-state index contributed by atoms with van der Waals surface area (Å²) < 4.78 is 37.6. The quantitative estimate of drug-likeness (QED) is 0.460. The molecule has 1 unspecified atom stereocenters. The van der Waals surface area contributed by atoms with Crippen molar-refractivity contribution in [2.24, 2.45) is 5.73 Å². The summed E-state index contributed by atoms with van der Waals surface area (Å²) in [7, 11) is 0. The van der Waals surface area contributed by atoms with Crippen LogP contribution in [0.1, 0.15) is 69.5 Å². The van der Waals surface area contributed by atoms with Gasteiger partial charge in [-0.3, -0.25) is 0 Å². The van der Waals surface area contributed by atoms with Crippen molar-refractivity contribution in [2.75, 3.05) is 0 Å². The fourth-order valence-electron chi connectivity index (χ4n) is 2.06. The summed E-state index contributed by atoms with van der Waals surface area (Å²) in [6, 6.07) is 3.43. The summed E-state index contributed by atoms with van der Waals surface area (Å²) in [5, 5.41) is 6.99. The second-order valence-electron chi connectivity index (χ2n) is 5.72. The Balaban J connectivity index is 0.000000585. The molecule has 0 saturated heterocycles. The number of nitrogens with two attached hydrogens (primary N) is 1. The van der Waals surface area contributed by atoms with Crippen molar-refractivity contribution in [3.63, 3.8) is 0 Å². The van der Waals surface area contributed by atoms with Crippen molar-refractivity contribution in [2.45, 2.75) is 71.8 Å². The van der Waals surface area contributed by atoms with Crippen molar-refractivity contribution < 1.29 is 13.2 Å². The molecule has 0 aromatic heterocycles. The predicted molar refractivity (Wildman–Crippen MR) is 90.8 cm³/mol. The van der Waals surface area contributed by atoms with Crippen LogP contribution >= 0.6 is 0 Å². The molecule has 0 spiro atoms. The third-order valence-corrected chi connectivity index (χ3v) is 3.46. The monoisotopic (exact) mass is 330 g/mol. The molecule has 132 valence electrons. The molecule has 0 radical (unpaired) electrons. The Hall–Kier alpha value is -1.36. The van der Waals surface area contributed by atoms with Gasteiger partial charge in [0.25, 0.3) is 6.43 Å². The van der Waals surface area contributed by atoms with Gasteiger partial charge in [0.15, 0.2) is 0 Å². The van der Waals surface area contributed by atoms with E-state index >= 15 is 0 Å². The van der Waals surface area contributed by atoms with Crippen LogP contribution in [-0.2, 0) is 0 Å². The van der Waals surface area contributed by atoms with Gasteiger partial charge in [0.05, 0.1) is 5.71 Å². The molecule has 0 amide bonds. The minimum absolute atomic E-state index is 0.172.